The predicted octanol–water partition coefficient (Wildman–Crippen LogP) is 6.71. The fourth-order valence-electron chi connectivity index (χ4n) is 6.48. The van der Waals surface area contributed by atoms with Crippen molar-refractivity contribution in [1.82, 2.24) is 4.90 Å². The molecule has 0 spiro atoms. The van der Waals surface area contributed by atoms with Gasteiger partial charge in [0.25, 0.3) is 0 Å². The molecule has 3 saturated heterocycles. The van der Waals surface area contributed by atoms with E-state index in [9.17, 15) is 19.2 Å². The van der Waals surface area contributed by atoms with Gasteiger partial charge in [-0.2, -0.15) is 4.73 Å². The van der Waals surface area contributed by atoms with Gasteiger partial charge in [-0.1, -0.05) is 41.4 Å². The number of piperidine rings is 3. The minimum Gasteiger partial charge on any atom is -0.619 e. The van der Waals surface area contributed by atoms with Crippen molar-refractivity contribution >= 4 is 40.8 Å². The topological polar surface area (TPSA) is 113 Å². The molecule has 13 heteroatoms. The predicted molar refractivity (Wildman–Crippen MR) is 185 cm³/mol. The summed E-state index contributed by atoms with van der Waals surface area (Å²) in [6.07, 6.45) is 3.24. The number of methoxy groups -OCH3 is 2. The summed E-state index contributed by atoms with van der Waals surface area (Å²) in [5.41, 5.74) is 2.13. The van der Waals surface area contributed by atoms with Crippen LogP contribution in [-0.4, -0.2) is 56.8 Å². The van der Waals surface area contributed by atoms with Crippen LogP contribution in [0.25, 0.3) is 0 Å². The van der Waals surface area contributed by atoms with Gasteiger partial charge in [0.15, 0.2) is 29.9 Å². The third-order valence-electron chi connectivity index (χ3n) is 9.19. The van der Waals surface area contributed by atoms with Crippen molar-refractivity contribution < 1.29 is 37.7 Å². The molecule has 1 unspecified atom stereocenters. The second kappa shape index (κ2) is 15.5. The molecule has 262 valence electrons. The van der Waals surface area contributed by atoms with Crippen LogP contribution in [0.1, 0.15) is 52.0 Å². The monoisotopic (exact) mass is 723 g/mol. The van der Waals surface area contributed by atoms with Crippen molar-refractivity contribution in [3.8, 4) is 11.5 Å². The van der Waals surface area contributed by atoms with Gasteiger partial charge in [0.1, 0.15) is 28.1 Å². The Kier molecular flexibility index (Phi) is 11.0. The first-order valence-electron chi connectivity index (χ1n) is 16.2. The number of ether oxygens (including phenoxy) is 4. The Morgan fingerprint density at radius 3 is 2.28 bits per heavy atom. The number of rotatable bonds is 12. The van der Waals surface area contributed by atoms with Gasteiger partial charge in [-0.15, -0.1) is 0 Å². The van der Waals surface area contributed by atoms with E-state index < -0.39 is 29.9 Å². The number of esters is 2. The molecule has 0 saturated carbocycles. The van der Waals surface area contributed by atoms with Gasteiger partial charge in [0.05, 0.1) is 19.8 Å². The third-order valence-corrected chi connectivity index (χ3v) is 9.84. The number of halogens is 3. The fourth-order valence-corrected chi connectivity index (χ4v) is 7.08. The molecule has 3 aliphatic heterocycles. The standard InChI is InChI=1S/C37H36Cl2FN3O7/c1-47-31-11-8-24(17-33(31)48-2)32(18-28-29(38)19-43(46)20-30(28)39)49-36(44)23-6-9-27(10-7-23)41-35(25-4-3-5-26(40)16-25)37(45)50-34-21-42-14-12-22(34)13-15-42/h3-11,16-17,19-20,22,32,34-35,41H,12-15,18,21H2,1-2H3/t32-,34-,35?/m0/s1. The molecule has 10 nitrogen and oxygen atoms in total. The highest BCUT2D eigenvalue weighted by molar-refractivity contribution is 6.35. The number of carbonyl (C=O) groups is 2. The summed E-state index contributed by atoms with van der Waals surface area (Å²) < 4.78 is 37.6. The summed E-state index contributed by atoms with van der Waals surface area (Å²) in [5, 5.41) is 15.3. The molecule has 3 fully saturated rings. The number of hydrogen-bond donors (Lipinski definition) is 1. The molecule has 0 aliphatic carbocycles. The SMILES string of the molecule is COc1ccc([C@H](Cc2c(Cl)c[n+]([O-])cc2Cl)OC(=O)c2ccc(NC(C(=O)O[C@H]3CN4CCC3CC4)c3cccc(F)c3)cc2)cc1OC. The molecular weight excluding hydrogens is 688 g/mol. The van der Waals surface area contributed by atoms with E-state index in [0.29, 0.717) is 51.1 Å². The van der Waals surface area contributed by atoms with Crippen LogP contribution >= 0.6 is 23.2 Å². The summed E-state index contributed by atoms with van der Waals surface area (Å²) in [4.78, 5) is 29.4. The van der Waals surface area contributed by atoms with E-state index in [1.165, 1.54) is 38.7 Å². The van der Waals surface area contributed by atoms with E-state index in [0.717, 1.165) is 25.9 Å². The van der Waals surface area contributed by atoms with Gasteiger partial charge >= 0.3 is 11.9 Å². The Bertz CT molecular complexity index is 1830. The maximum atomic E-state index is 14.3. The van der Waals surface area contributed by atoms with E-state index >= 15 is 0 Å². The highest BCUT2D eigenvalue weighted by atomic mass is 35.5. The molecule has 3 aromatic carbocycles. The molecule has 4 aromatic rings. The first kappa shape index (κ1) is 35.3. The molecule has 0 amide bonds. The van der Waals surface area contributed by atoms with Crippen molar-refractivity contribution in [2.75, 3.05) is 39.2 Å². The third kappa shape index (κ3) is 8.07. The zero-order valence-corrected chi connectivity index (χ0v) is 29.0. The number of pyridine rings is 1. The van der Waals surface area contributed by atoms with Gasteiger partial charge < -0.3 is 29.5 Å². The average Bonchev–Trinajstić information content (AvgIpc) is 3.11. The molecule has 3 atom stereocenters. The molecule has 3 aliphatic rings. The minimum absolute atomic E-state index is 0.0520. The van der Waals surface area contributed by atoms with Crippen LogP contribution in [0.2, 0.25) is 10.0 Å². The molecule has 7 rings (SSSR count). The van der Waals surface area contributed by atoms with Gasteiger partial charge in [0.2, 0.25) is 0 Å². The normalized spacial score (nSPS) is 19.3. The van der Waals surface area contributed by atoms with Crippen LogP contribution in [0.5, 0.6) is 11.5 Å². The maximum Gasteiger partial charge on any atom is 0.338 e. The van der Waals surface area contributed by atoms with E-state index in [-0.39, 0.29) is 28.1 Å². The smallest absolute Gasteiger partial charge is 0.338 e. The highest BCUT2D eigenvalue weighted by Gasteiger charge is 2.38. The van der Waals surface area contributed by atoms with Crippen LogP contribution in [0.15, 0.2) is 79.1 Å². The van der Waals surface area contributed by atoms with E-state index in [1.807, 2.05) is 0 Å². The van der Waals surface area contributed by atoms with Crippen molar-refractivity contribution in [2.24, 2.45) is 5.92 Å². The minimum atomic E-state index is -0.985. The Morgan fingerprint density at radius 1 is 0.960 bits per heavy atom. The zero-order chi connectivity index (χ0) is 35.4. The van der Waals surface area contributed by atoms with Gasteiger partial charge in [0, 0.05) is 24.2 Å². The summed E-state index contributed by atoms with van der Waals surface area (Å²) in [7, 11) is 3.00. The second-order valence-corrected chi connectivity index (χ2v) is 13.1. The lowest BCUT2D eigenvalue weighted by Gasteiger charge is -2.44. The Balaban J connectivity index is 1.22. The zero-order valence-electron chi connectivity index (χ0n) is 27.4. The second-order valence-electron chi connectivity index (χ2n) is 12.3. The molecule has 1 aromatic heterocycles. The average molecular weight is 725 g/mol. The largest absolute Gasteiger partial charge is 0.619 e. The number of nitrogens with zero attached hydrogens (tertiary/aromatic N) is 2. The maximum absolute atomic E-state index is 14.3. The number of nitrogens with one attached hydrogen (secondary N) is 1. The van der Waals surface area contributed by atoms with Crippen LogP contribution in [0.4, 0.5) is 10.1 Å². The van der Waals surface area contributed by atoms with Crippen molar-refractivity contribution in [3.63, 3.8) is 0 Å². The number of anilines is 1. The molecule has 0 radical (unpaired) electrons. The van der Waals surface area contributed by atoms with Crippen molar-refractivity contribution in [2.45, 2.75) is 37.5 Å². The first-order valence-corrected chi connectivity index (χ1v) is 16.9. The quantitative estimate of drug-likeness (QED) is 0.0968. The van der Waals surface area contributed by atoms with Crippen molar-refractivity contribution in [1.29, 1.82) is 0 Å². The molecular formula is C37H36Cl2FN3O7. The van der Waals surface area contributed by atoms with Crippen molar-refractivity contribution in [3.05, 3.63) is 122 Å². The number of aromatic nitrogens is 1. The Labute approximate surface area is 299 Å². The summed E-state index contributed by atoms with van der Waals surface area (Å²) >= 11 is 12.8. The summed E-state index contributed by atoms with van der Waals surface area (Å²) in [6.45, 7) is 2.70. The number of hydrogen-bond acceptors (Lipinski definition) is 9. The lowest BCUT2D eigenvalue weighted by molar-refractivity contribution is -0.605. The number of benzene rings is 3. The van der Waals surface area contributed by atoms with Gasteiger partial charge in [-0.05, 0) is 91.5 Å². The number of fused-ring (bicyclic) bond motifs is 3. The van der Waals surface area contributed by atoms with Crippen LogP contribution in [-0.2, 0) is 20.7 Å². The molecule has 4 heterocycles. The summed E-state index contributed by atoms with van der Waals surface area (Å²) in [5.74, 6) is -0.418. The first-order chi connectivity index (χ1) is 24.1. The van der Waals surface area contributed by atoms with Gasteiger partial charge in [-0.3, -0.25) is 4.90 Å². The number of carbonyl (C=O) groups excluding carboxylic acids is 2. The highest BCUT2D eigenvalue weighted by Crippen LogP contribution is 2.36. The Hall–Kier alpha value is -4.58. The molecule has 50 heavy (non-hydrogen) atoms. The van der Waals surface area contributed by atoms with E-state index in [2.05, 4.69) is 10.2 Å². The summed E-state index contributed by atoms with van der Waals surface area (Å²) in [6, 6.07) is 16.3. The lowest BCUT2D eigenvalue weighted by Crippen LogP contribution is -2.52. The van der Waals surface area contributed by atoms with E-state index in [1.54, 1.807) is 54.6 Å². The fraction of sp³-hybridized carbons (Fsp3) is 0.324. The van der Waals surface area contributed by atoms with Crippen LogP contribution < -0.4 is 19.5 Å². The van der Waals surface area contributed by atoms with E-state index in [4.69, 9.17) is 42.1 Å². The van der Waals surface area contributed by atoms with Crippen LogP contribution in [0.3, 0.4) is 0 Å². The van der Waals surface area contributed by atoms with Crippen LogP contribution in [0, 0.1) is 16.9 Å². The van der Waals surface area contributed by atoms with Gasteiger partial charge in [-0.25, -0.2) is 14.0 Å². The molecule has 2 bridgehead atoms. The molecule has 1 N–H and O–H groups in total. The lowest BCUT2D eigenvalue weighted by atomic mass is 9.86. The Morgan fingerprint density at radius 2 is 1.66 bits per heavy atom.